The first-order chi connectivity index (χ1) is 16.2. The number of halogens is 1. The Bertz CT molecular complexity index is 1130. The summed E-state index contributed by atoms with van der Waals surface area (Å²) in [7, 11) is 0. The molecule has 0 bridgehead atoms. The lowest BCUT2D eigenvalue weighted by Crippen LogP contribution is -2.52. The van der Waals surface area contributed by atoms with Crippen LogP contribution in [-0.2, 0) is 29.0 Å². The van der Waals surface area contributed by atoms with Crippen LogP contribution < -0.4 is 5.32 Å². The topological polar surface area (TPSA) is 49.4 Å². The van der Waals surface area contributed by atoms with Crippen LogP contribution in [0.2, 0.25) is 0 Å². The van der Waals surface area contributed by atoms with E-state index in [-0.39, 0.29) is 30.8 Å². The van der Waals surface area contributed by atoms with Crippen LogP contribution >= 0.6 is 0 Å². The summed E-state index contributed by atoms with van der Waals surface area (Å²) in [4.78, 5) is 28.5. The van der Waals surface area contributed by atoms with Gasteiger partial charge in [0.1, 0.15) is 11.9 Å². The lowest BCUT2D eigenvalue weighted by molar-refractivity contribution is -0.141. The average molecular weight is 461 g/mol. The lowest BCUT2D eigenvalue weighted by atomic mass is 10.00. The largest absolute Gasteiger partial charge is 0.352 e. The fourth-order valence-electron chi connectivity index (χ4n) is 3.93. The molecule has 3 rings (SSSR count). The molecular formula is C29H33FN2O2. The second kappa shape index (κ2) is 11.6. The standard InChI is InChI=1S/C29H33FN2O2/c1-20(2)31-29(34)27(17-23-10-6-5-7-11-23)32(19-25-12-8-9-13-26(25)30)28(33)18-24-15-14-21(3)22(4)16-24/h5-16,20,27H,17-19H2,1-4H3,(H,31,34). The highest BCUT2D eigenvalue weighted by atomic mass is 19.1. The van der Waals surface area contributed by atoms with E-state index in [9.17, 15) is 14.0 Å². The molecule has 4 nitrogen and oxygen atoms in total. The van der Waals surface area contributed by atoms with Crippen LogP contribution in [0.4, 0.5) is 4.39 Å². The second-order valence-corrected chi connectivity index (χ2v) is 9.08. The summed E-state index contributed by atoms with van der Waals surface area (Å²) in [5.41, 5.74) is 4.44. The molecule has 0 saturated carbocycles. The van der Waals surface area contributed by atoms with Crippen molar-refractivity contribution in [1.29, 1.82) is 0 Å². The fourth-order valence-corrected chi connectivity index (χ4v) is 3.93. The van der Waals surface area contributed by atoms with Gasteiger partial charge in [-0.1, -0.05) is 66.7 Å². The quantitative estimate of drug-likeness (QED) is 0.480. The third-order valence-electron chi connectivity index (χ3n) is 5.93. The highest BCUT2D eigenvalue weighted by molar-refractivity contribution is 5.89. The van der Waals surface area contributed by atoms with Gasteiger partial charge in [-0.2, -0.15) is 0 Å². The molecule has 0 aliphatic heterocycles. The average Bonchev–Trinajstić information content (AvgIpc) is 2.80. The Morgan fingerprint density at radius 2 is 1.56 bits per heavy atom. The Kier molecular flexibility index (Phi) is 8.58. The summed E-state index contributed by atoms with van der Waals surface area (Å²) in [5.74, 6) is -0.857. The van der Waals surface area contributed by atoms with Crippen molar-refractivity contribution in [3.63, 3.8) is 0 Å². The van der Waals surface area contributed by atoms with E-state index < -0.39 is 11.9 Å². The van der Waals surface area contributed by atoms with E-state index in [1.165, 1.54) is 11.0 Å². The molecule has 0 aliphatic carbocycles. The third kappa shape index (κ3) is 6.77. The minimum Gasteiger partial charge on any atom is -0.352 e. The zero-order chi connectivity index (χ0) is 24.7. The van der Waals surface area contributed by atoms with Gasteiger partial charge in [0.15, 0.2) is 0 Å². The maximum Gasteiger partial charge on any atom is 0.243 e. The van der Waals surface area contributed by atoms with Crippen molar-refractivity contribution in [1.82, 2.24) is 10.2 Å². The van der Waals surface area contributed by atoms with Gasteiger partial charge in [-0.05, 0) is 56.0 Å². The van der Waals surface area contributed by atoms with Gasteiger partial charge in [-0.25, -0.2) is 4.39 Å². The van der Waals surface area contributed by atoms with Gasteiger partial charge in [-0.15, -0.1) is 0 Å². The first-order valence-corrected chi connectivity index (χ1v) is 11.7. The molecule has 0 radical (unpaired) electrons. The maximum atomic E-state index is 14.6. The Balaban J connectivity index is 1.99. The normalized spacial score (nSPS) is 11.8. The molecule has 5 heteroatoms. The molecule has 0 saturated heterocycles. The summed E-state index contributed by atoms with van der Waals surface area (Å²) in [6.07, 6.45) is 0.475. The van der Waals surface area contributed by atoms with E-state index in [4.69, 9.17) is 0 Å². The number of carbonyl (C=O) groups excluding carboxylic acids is 2. The summed E-state index contributed by atoms with van der Waals surface area (Å²) in [6, 6.07) is 21.0. The SMILES string of the molecule is Cc1ccc(CC(=O)N(Cc2ccccc2F)C(Cc2ccccc2)C(=O)NC(C)C)cc1C. The van der Waals surface area contributed by atoms with Crippen LogP contribution in [0.1, 0.15) is 41.7 Å². The van der Waals surface area contributed by atoms with Gasteiger partial charge in [0, 0.05) is 24.6 Å². The van der Waals surface area contributed by atoms with Crippen LogP contribution in [0.5, 0.6) is 0 Å². The first-order valence-electron chi connectivity index (χ1n) is 11.7. The molecule has 0 spiro atoms. The molecule has 1 unspecified atom stereocenters. The van der Waals surface area contributed by atoms with Gasteiger partial charge < -0.3 is 10.2 Å². The third-order valence-corrected chi connectivity index (χ3v) is 5.93. The minimum absolute atomic E-state index is 0.0133. The molecule has 1 N–H and O–H groups in total. The molecule has 0 heterocycles. The van der Waals surface area contributed by atoms with Crippen LogP contribution in [0.15, 0.2) is 72.8 Å². The number of aryl methyl sites for hydroxylation is 2. The van der Waals surface area contributed by atoms with E-state index in [0.29, 0.717) is 12.0 Å². The van der Waals surface area contributed by atoms with E-state index in [1.54, 1.807) is 18.2 Å². The van der Waals surface area contributed by atoms with Crippen molar-refractivity contribution < 1.29 is 14.0 Å². The molecular weight excluding hydrogens is 427 g/mol. The van der Waals surface area contributed by atoms with Gasteiger partial charge >= 0.3 is 0 Å². The summed E-state index contributed by atoms with van der Waals surface area (Å²) in [5, 5.41) is 2.95. The molecule has 3 aromatic rings. The van der Waals surface area contributed by atoms with Crippen molar-refractivity contribution in [3.05, 3.63) is 106 Å². The maximum absolute atomic E-state index is 14.6. The van der Waals surface area contributed by atoms with E-state index >= 15 is 0 Å². The minimum atomic E-state index is -0.775. The molecule has 1 atom stereocenters. The van der Waals surface area contributed by atoms with Crippen LogP contribution in [0.25, 0.3) is 0 Å². The first kappa shape index (κ1) is 25.2. The fraction of sp³-hybridized carbons (Fsp3) is 0.310. The smallest absolute Gasteiger partial charge is 0.243 e. The van der Waals surface area contributed by atoms with Crippen molar-refractivity contribution in [2.45, 2.75) is 59.2 Å². The van der Waals surface area contributed by atoms with Crippen LogP contribution in [-0.4, -0.2) is 28.8 Å². The van der Waals surface area contributed by atoms with Crippen LogP contribution in [0.3, 0.4) is 0 Å². The van der Waals surface area contributed by atoms with E-state index in [2.05, 4.69) is 5.32 Å². The molecule has 0 aromatic heterocycles. The Morgan fingerprint density at radius 3 is 2.21 bits per heavy atom. The van der Waals surface area contributed by atoms with Crippen molar-refractivity contribution in [3.8, 4) is 0 Å². The summed E-state index contributed by atoms with van der Waals surface area (Å²) < 4.78 is 14.6. The Hall–Kier alpha value is -3.47. The van der Waals surface area contributed by atoms with Gasteiger partial charge in [0.25, 0.3) is 0 Å². The number of rotatable bonds is 9. The zero-order valence-electron chi connectivity index (χ0n) is 20.3. The Morgan fingerprint density at radius 1 is 0.882 bits per heavy atom. The molecule has 0 fully saturated rings. The highest BCUT2D eigenvalue weighted by Crippen LogP contribution is 2.19. The number of amides is 2. The predicted molar refractivity (Wildman–Crippen MR) is 134 cm³/mol. The summed E-state index contributed by atoms with van der Waals surface area (Å²) in [6.45, 7) is 7.82. The molecule has 0 aliphatic rings. The lowest BCUT2D eigenvalue weighted by Gasteiger charge is -2.32. The molecule has 3 aromatic carbocycles. The van der Waals surface area contributed by atoms with Gasteiger partial charge in [0.2, 0.25) is 11.8 Å². The number of hydrogen-bond donors (Lipinski definition) is 1. The number of nitrogens with zero attached hydrogens (tertiary/aromatic N) is 1. The molecule has 34 heavy (non-hydrogen) atoms. The number of hydrogen-bond acceptors (Lipinski definition) is 2. The highest BCUT2D eigenvalue weighted by Gasteiger charge is 2.31. The van der Waals surface area contributed by atoms with Crippen molar-refractivity contribution >= 4 is 11.8 Å². The second-order valence-electron chi connectivity index (χ2n) is 9.08. The Labute approximate surface area is 201 Å². The zero-order valence-corrected chi connectivity index (χ0v) is 20.3. The molecule has 178 valence electrons. The van der Waals surface area contributed by atoms with Crippen molar-refractivity contribution in [2.24, 2.45) is 0 Å². The monoisotopic (exact) mass is 460 g/mol. The number of nitrogens with one attached hydrogen (secondary N) is 1. The predicted octanol–water partition coefficient (Wildman–Crippen LogP) is 5.15. The van der Waals surface area contributed by atoms with Gasteiger partial charge in [0.05, 0.1) is 6.42 Å². The van der Waals surface area contributed by atoms with E-state index in [0.717, 1.165) is 22.3 Å². The van der Waals surface area contributed by atoms with Crippen LogP contribution in [0, 0.1) is 19.7 Å². The molecule has 2 amide bonds. The number of benzene rings is 3. The number of carbonyl (C=O) groups is 2. The van der Waals surface area contributed by atoms with Gasteiger partial charge in [-0.3, -0.25) is 9.59 Å². The van der Waals surface area contributed by atoms with E-state index in [1.807, 2.05) is 76.2 Å². The van der Waals surface area contributed by atoms with Crippen molar-refractivity contribution in [2.75, 3.05) is 0 Å². The summed E-state index contributed by atoms with van der Waals surface area (Å²) >= 11 is 0.